The first kappa shape index (κ1) is 24.2. The van der Waals surface area contributed by atoms with Gasteiger partial charge >= 0.3 is 0 Å². The second-order valence-corrected chi connectivity index (χ2v) is 10.8. The Morgan fingerprint density at radius 1 is 0.475 bits per heavy atom. The van der Waals surface area contributed by atoms with E-state index in [1.54, 1.807) is 0 Å². The fourth-order valence-corrected chi connectivity index (χ4v) is 5.82. The summed E-state index contributed by atoms with van der Waals surface area (Å²) in [5.41, 5.74) is 14.2. The van der Waals surface area contributed by atoms with E-state index in [9.17, 15) is 0 Å². The van der Waals surface area contributed by atoms with Crippen LogP contribution in [0.25, 0.3) is 22.0 Å². The lowest BCUT2D eigenvalue weighted by Crippen LogP contribution is -2.24. The molecule has 2 heterocycles. The summed E-state index contributed by atoms with van der Waals surface area (Å²) in [6.07, 6.45) is 1.91. The standard InChI is InChI=1S/C37H31N3/c1-24-19-33-35(21-26(24)3)40(36-22-27(4)25(2)20-34(36)39(33)30-13-6-5-7-14-30)31-15-10-12-29(23-31)37-32-16-9-8-11-28(32)17-18-38-37/h5-23H,1-4H3. The molecule has 0 amide bonds. The third kappa shape index (κ3) is 3.85. The number of pyridine rings is 1. The largest absolute Gasteiger partial charge is 0.306 e. The molecule has 0 unspecified atom stereocenters. The van der Waals surface area contributed by atoms with Crippen molar-refractivity contribution in [1.29, 1.82) is 0 Å². The number of nitrogens with zero attached hydrogens (tertiary/aromatic N) is 3. The van der Waals surface area contributed by atoms with E-state index < -0.39 is 0 Å². The first-order chi connectivity index (χ1) is 19.5. The molecule has 40 heavy (non-hydrogen) atoms. The van der Waals surface area contributed by atoms with E-state index in [1.165, 1.54) is 50.4 Å². The van der Waals surface area contributed by atoms with Crippen molar-refractivity contribution in [3.05, 3.63) is 138 Å². The van der Waals surface area contributed by atoms with E-state index in [0.717, 1.165) is 28.0 Å². The van der Waals surface area contributed by atoms with Gasteiger partial charge in [0.15, 0.2) is 0 Å². The zero-order chi connectivity index (χ0) is 27.4. The van der Waals surface area contributed by atoms with Crippen LogP contribution in [0.2, 0.25) is 0 Å². The lowest BCUT2D eigenvalue weighted by Gasteiger charge is -2.41. The summed E-state index contributed by atoms with van der Waals surface area (Å²) in [6, 6.07) is 39.4. The van der Waals surface area contributed by atoms with Gasteiger partial charge < -0.3 is 9.80 Å². The number of hydrogen-bond acceptors (Lipinski definition) is 3. The number of hydrogen-bond donors (Lipinski definition) is 0. The average Bonchev–Trinajstić information content (AvgIpc) is 2.98. The maximum absolute atomic E-state index is 4.83. The zero-order valence-electron chi connectivity index (χ0n) is 23.3. The van der Waals surface area contributed by atoms with Crippen LogP contribution >= 0.6 is 0 Å². The molecule has 1 aromatic heterocycles. The SMILES string of the molecule is Cc1cc2c(cc1C)N(c1cccc(-c3nccc4ccccc34)c1)c1cc(C)c(C)cc1N2c1ccccc1. The van der Waals surface area contributed by atoms with Crippen molar-refractivity contribution in [2.75, 3.05) is 9.80 Å². The molecule has 5 aromatic carbocycles. The number of fused-ring (bicyclic) bond motifs is 3. The molecule has 0 aliphatic carbocycles. The van der Waals surface area contributed by atoms with Gasteiger partial charge in [0, 0.05) is 28.5 Å². The molecule has 194 valence electrons. The number of aryl methyl sites for hydroxylation is 4. The molecule has 7 rings (SSSR count). The molecule has 0 fully saturated rings. The van der Waals surface area contributed by atoms with Gasteiger partial charge in [-0.1, -0.05) is 54.6 Å². The van der Waals surface area contributed by atoms with Gasteiger partial charge in [0.1, 0.15) is 0 Å². The highest BCUT2D eigenvalue weighted by Gasteiger charge is 2.32. The maximum atomic E-state index is 4.83. The molecule has 0 saturated carbocycles. The fourth-order valence-electron chi connectivity index (χ4n) is 5.82. The average molecular weight is 518 g/mol. The Labute approximate surface area is 236 Å². The zero-order valence-corrected chi connectivity index (χ0v) is 23.3. The highest BCUT2D eigenvalue weighted by atomic mass is 15.3. The van der Waals surface area contributed by atoms with Crippen LogP contribution in [-0.2, 0) is 0 Å². The predicted octanol–water partition coefficient (Wildman–Crippen LogP) is 10.4. The Morgan fingerprint density at radius 3 is 1.62 bits per heavy atom. The van der Waals surface area contributed by atoms with Crippen molar-refractivity contribution < 1.29 is 0 Å². The highest BCUT2D eigenvalue weighted by molar-refractivity contribution is 6.03. The number of rotatable bonds is 3. The Hall–Kier alpha value is -4.89. The van der Waals surface area contributed by atoms with E-state index >= 15 is 0 Å². The number of benzene rings is 5. The fraction of sp³-hybridized carbons (Fsp3) is 0.108. The first-order valence-electron chi connectivity index (χ1n) is 13.8. The van der Waals surface area contributed by atoms with Gasteiger partial charge in [-0.25, -0.2) is 0 Å². The minimum atomic E-state index is 1.00. The van der Waals surface area contributed by atoms with Gasteiger partial charge in [0.25, 0.3) is 0 Å². The van der Waals surface area contributed by atoms with E-state index in [4.69, 9.17) is 4.98 Å². The highest BCUT2D eigenvalue weighted by Crippen LogP contribution is 2.55. The second kappa shape index (κ2) is 9.39. The van der Waals surface area contributed by atoms with Crippen LogP contribution in [0.1, 0.15) is 22.3 Å². The minimum Gasteiger partial charge on any atom is -0.306 e. The van der Waals surface area contributed by atoms with Crippen LogP contribution < -0.4 is 9.80 Å². The summed E-state index contributed by atoms with van der Waals surface area (Å²) in [4.78, 5) is 9.67. The number of aromatic nitrogens is 1. The molecule has 0 atom stereocenters. The van der Waals surface area contributed by atoms with E-state index in [1.807, 2.05) is 6.20 Å². The van der Waals surface area contributed by atoms with Gasteiger partial charge in [-0.3, -0.25) is 4.98 Å². The molecule has 3 nitrogen and oxygen atoms in total. The van der Waals surface area contributed by atoms with E-state index in [2.05, 4.69) is 147 Å². The number of anilines is 6. The van der Waals surface area contributed by atoms with E-state index in [0.29, 0.717) is 0 Å². The summed E-state index contributed by atoms with van der Waals surface area (Å²) in [5.74, 6) is 0. The van der Waals surface area contributed by atoms with Crippen molar-refractivity contribution in [2.24, 2.45) is 0 Å². The topological polar surface area (TPSA) is 19.4 Å². The Balaban J connectivity index is 1.50. The molecule has 0 radical (unpaired) electrons. The lowest BCUT2D eigenvalue weighted by atomic mass is 9.97. The molecule has 0 saturated heterocycles. The minimum absolute atomic E-state index is 1.00. The molecule has 1 aliphatic rings. The summed E-state index contributed by atoms with van der Waals surface area (Å²) in [7, 11) is 0. The van der Waals surface area contributed by atoms with Gasteiger partial charge in [-0.2, -0.15) is 0 Å². The van der Waals surface area contributed by atoms with Crippen molar-refractivity contribution in [3.63, 3.8) is 0 Å². The molecular formula is C37H31N3. The maximum Gasteiger partial charge on any atom is 0.0781 e. The van der Waals surface area contributed by atoms with Crippen molar-refractivity contribution in [2.45, 2.75) is 27.7 Å². The lowest BCUT2D eigenvalue weighted by molar-refractivity contribution is 1.14. The molecule has 0 N–H and O–H groups in total. The molecule has 0 bridgehead atoms. The molecule has 0 spiro atoms. The second-order valence-electron chi connectivity index (χ2n) is 10.8. The third-order valence-electron chi connectivity index (χ3n) is 8.21. The molecule has 1 aliphatic heterocycles. The summed E-state index contributed by atoms with van der Waals surface area (Å²) >= 11 is 0. The smallest absolute Gasteiger partial charge is 0.0781 e. The normalized spacial score (nSPS) is 12.4. The van der Waals surface area contributed by atoms with Crippen LogP contribution in [-0.4, -0.2) is 4.98 Å². The van der Waals surface area contributed by atoms with Crippen LogP contribution in [0.4, 0.5) is 34.1 Å². The number of para-hydroxylation sites is 1. The third-order valence-corrected chi connectivity index (χ3v) is 8.21. The van der Waals surface area contributed by atoms with Crippen molar-refractivity contribution in [1.82, 2.24) is 4.98 Å². The van der Waals surface area contributed by atoms with Crippen LogP contribution in [0, 0.1) is 27.7 Å². The molecule has 6 aromatic rings. The van der Waals surface area contributed by atoms with Crippen LogP contribution in [0.15, 0.2) is 115 Å². The predicted molar refractivity (Wildman–Crippen MR) is 169 cm³/mol. The summed E-state index contributed by atoms with van der Waals surface area (Å²) in [5, 5.41) is 2.36. The van der Waals surface area contributed by atoms with Gasteiger partial charge in [0.05, 0.1) is 28.4 Å². The summed E-state index contributed by atoms with van der Waals surface area (Å²) < 4.78 is 0. The van der Waals surface area contributed by atoms with Crippen molar-refractivity contribution in [3.8, 4) is 11.3 Å². The quantitative estimate of drug-likeness (QED) is 0.232. The van der Waals surface area contributed by atoms with E-state index in [-0.39, 0.29) is 0 Å². The van der Waals surface area contributed by atoms with Crippen LogP contribution in [0.5, 0.6) is 0 Å². The van der Waals surface area contributed by atoms with Crippen molar-refractivity contribution >= 4 is 44.9 Å². The monoisotopic (exact) mass is 517 g/mol. The summed E-state index contributed by atoms with van der Waals surface area (Å²) in [6.45, 7) is 8.80. The Morgan fingerprint density at radius 2 is 1.00 bits per heavy atom. The Kier molecular flexibility index (Phi) is 5.67. The molecular weight excluding hydrogens is 486 g/mol. The molecule has 3 heteroatoms. The first-order valence-corrected chi connectivity index (χ1v) is 13.8. The Bertz CT molecular complexity index is 1840. The van der Waals surface area contributed by atoms with Crippen LogP contribution in [0.3, 0.4) is 0 Å². The van der Waals surface area contributed by atoms with Gasteiger partial charge in [-0.05, 0) is 110 Å². The van der Waals surface area contributed by atoms with Gasteiger partial charge in [0.2, 0.25) is 0 Å². The van der Waals surface area contributed by atoms with Gasteiger partial charge in [-0.15, -0.1) is 0 Å².